The number of nitrogens with zero attached hydrogens (tertiary/aromatic N) is 4. The Morgan fingerprint density at radius 1 is 1.18 bits per heavy atom. The van der Waals surface area contributed by atoms with Gasteiger partial charge in [-0.1, -0.05) is 13.3 Å². The van der Waals surface area contributed by atoms with E-state index in [1.165, 1.54) is 10.6 Å². The third kappa shape index (κ3) is 4.78. The summed E-state index contributed by atoms with van der Waals surface area (Å²) in [7, 11) is -1.10. The zero-order valence-corrected chi connectivity index (χ0v) is 18.2. The minimum absolute atomic E-state index is 0.0991. The molecule has 1 aromatic rings. The quantitative estimate of drug-likeness (QED) is 0.719. The molecule has 28 heavy (non-hydrogen) atoms. The Bertz CT molecular complexity index is 781. The second-order valence-corrected chi connectivity index (χ2v) is 10.2. The maximum atomic E-state index is 13.5. The first-order valence-corrected chi connectivity index (χ1v) is 12.3. The highest BCUT2D eigenvalue weighted by Crippen LogP contribution is 2.23. The van der Waals surface area contributed by atoms with E-state index in [4.69, 9.17) is 0 Å². The Labute approximate surface area is 169 Å². The average Bonchev–Trinajstić information content (AvgIpc) is 2.91. The van der Waals surface area contributed by atoms with Gasteiger partial charge in [0.05, 0.1) is 12.8 Å². The summed E-state index contributed by atoms with van der Waals surface area (Å²) >= 11 is 0. The smallest absolute Gasteiger partial charge is 0.270 e. The highest BCUT2D eigenvalue weighted by Gasteiger charge is 2.30. The molecule has 1 aromatic heterocycles. The second kappa shape index (κ2) is 8.97. The van der Waals surface area contributed by atoms with E-state index in [9.17, 15) is 13.2 Å². The number of carbonyl (C=O) groups excluding carboxylic acids is 1. The lowest BCUT2D eigenvalue weighted by Gasteiger charge is -2.37. The molecule has 7 nitrogen and oxygen atoms in total. The van der Waals surface area contributed by atoms with Crippen molar-refractivity contribution >= 4 is 15.9 Å². The third-order valence-corrected chi connectivity index (χ3v) is 7.28. The number of hydrogen-bond donors (Lipinski definition) is 0. The molecule has 0 bridgehead atoms. The number of fused-ring (bicyclic) bond motifs is 1. The largest absolute Gasteiger partial charge is 0.339 e. The summed E-state index contributed by atoms with van der Waals surface area (Å²) in [6, 6.07) is 4.10. The molecule has 0 atom stereocenters. The molecule has 0 aliphatic carbocycles. The summed E-state index contributed by atoms with van der Waals surface area (Å²) in [4.78, 5) is 17.9. The van der Waals surface area contributed by atoms with Gasteiger partial charge in [-0.05, 0) is 58.0 Å². The summed E-state index contributed by atoms with van der Waals surface area (Å²) in [6.07, 6.45) is 6.07. The van der Waals surface area contributed by atoms with Crippen LogP contribution in [0.5, 0.6) is 0 Å². The number of likely N-dealkylation sites (tertiary alicyclic amines) is 1. The van der Waals surface area contributed by atoms with Gasteiger partial charge in [-0.2, -0.15) is 4.31 Å². The predicted octanol–water partition coefficient (Wildman–Crippen LogP) is 1.99. The standard InChI is InChI=1S/C20H34N4O3S/c1-4-5-12-24(17-9-14-21(2)15-10-17)20(25)19-8-7-18-16-22(28(3,26)27)11-6-13-23(18)19/h7-8,17H,4-6,9-16H2,1-3H3. The summed E-state index contributed by atoms with van der Waals surface area (Å²) in [5.41, 5.74) is 1.62. The van der Waals surface area contributed by atoms with Crippen molar-refractivity contribution in [1.29, 1.82) is 0 Å². The van der Waals surface area contributed by atoms with Crippen molar-refractivity contribution in [1.82, 2.24) is 18.7 Å². The lowest BCUT2D eigenvalue weighted by Crippen LogP contribution is -2.47. The minimum atomic E-state index is -3.23. The number of sulfonamides is 1. The predicted molar refractivity (Wildman–Crippen MR) is 111 cm³/mol. The van der Waals surface area contributed by atoms with Gasteiger partial charge in [0.25, 0.3) is 5.91 Å². The molecule has 3 rings (SSSR count). The molecule has 1 amide bonds. The van der Waals surface area contributed by atoms with Crippen molar-refractivity contribution in [2.45, 2.75) is 58.2 Å². The van der Waals surface area contributed by atoms with Crippen LogP contribution in [-0.4, -0.2) is 78.5 Å². The Morgan fingerprint density at radius 3 is 2.54 bits per heavy atom. The summed E-state index contributed by atoms with van der Waals surface area (Å²) in [5, 5.41) is 0. The molecule has 1 fully saturated rings. The number of rotatable bonds is 6. The molecule has 2 aliphatic rings. The van der Waals surface area contributed by atoms with E-state index in [1.54, 1.807) is 0 Å². The van der Waals surface area contributed by atoms with Gasteiger partial charge in [0.2, 0.25) is 10.0 Å². The fourth-order valence-corrected chi connectivity index (χ4v) is 5.11. The molecule has 0 saturated carbocycles. The maximum Gasteiger partial charge on any atom is 0.270 e. The van der Waals surface area contributed by atoms with Crippen LogP contribution in [0, 0.1) is 0 Å². The molecule has 0 unspecified atom stereocenters. The fourth-order valence-electron chi connectivity index (χ4n) is 4.28. The van der Waals surface area contributed by atoms with E-state index in [0.29, 0.717) is 31.4 Å². The number of amides is 1. The van der Waals surface area contributed by atoms with E-state index in [0.717, 1.165) is 57.4 Å². The Hall–Kier alpha value is -1.38. The molecule has 158 valence electrons. The van der Waals surface area contributed by atoms with Gasteiger partial charge in [-0.3, -0.25) is 4.79 Å². The molecule has 3 heterocycles. The van der Waals surface area contributed by atoms with Crippen molar-refractivity contribution < 1.29 is 13.2 Å². The molecule has 0 N–H and O–H groups in total. The van der Waals surface area contributed by atoms with Crippen molar-refractivity contribution in [3.05, 3.63) is 23.5 Å². The molecular weight excluding hydrogens is 376 g/mol. The van der Waals surface area contributed by atoms with Gasteiger partial charge < -0.3 is 14.4 Å². The molecule has 0 spiro atoms. The van der Waals surface area contributed by atoms with Gasteiger partial charge >= 0.3 is 0 Å². The van der Waals surface area contributed by atoms with Crippen LogP contribution in [0.2, 0.25) is 0 Å². The summed E-state index contributed by atoms with van der Waals surface area (Å²) in [5.74, 6) is 0.0991. The van der Waals surface area contributed by atoms with Crippen LogP contribution in [0.25, 0.3) is 0 Å². The summed E-state index contributed by atoms with van der Waals surface area (Å²) in [6.45, 7) is 6.52. The molecule has 0 aromatic carbocycles. The van der Waals surface area contributed by atoms with Crippen molar-refractivity contribution in [3.8, 4) is 0 Å². The average molecular weight is 411 g/mol. The first-order chi connectivity index (χ1) is 13.3. The second-order valence-electron chi connectivity index (χ2n) is 8.20. The van der Waals surface area contributed by atoms with Crippen LogP contribution in [0.3, 0.4) is 0 Å². The van der Waals surface area contributed by atoms with Crippen LogP contribution >= 0.6 is 0 Å². The van der Waals surface area contributed by atoms with Crippen molar-refractivity contribution in [2.75, 3.05) is 39.5 Å². The number of carbonyl (C=O) groups is 1. The van der Waals surface area contributed by atoms with E-state index in [1.807, 2.05) is 16.7 Å². The zero-order valence-electron chi connectivity index (χ0n) is 17.4. The zero-order chi connectivity index (χ0) is 20.3. The lowest BCUT2D eigenvalue weighted by molar-refractivity contribution is 0.0576. The van der Waals surface area contributed by atoms with E-state index >= 15 is 0 Å². The maximum absolute atomic E-state index is 13.5. The van der Waals surface area contributed by atoms with Crippen LogP contribution in [-0.2, 0) is 23.1 Å². The Balaban J connectivity index is 1.83. The van der Waals surface area contributed by atoms with Crippen LogP contribution in [0.4, 0.5) is 0 Å². The van der Waals surface area contributed by atoms with E-state index in [2.05, 4.69) is 23.8 Å². The molecule has 0 radical (unpaired) electrons. The normalized spacial score (nSPS) is 20.0. The van der Waals surface area contributed by atoms with Gasteiger partial charge in [0.15, 0.2) is 0 Å². The van der Waals surface area contributed by atoms with Crippen molar-refractivity contribution in [3.63, 3.8) is 0 Å². The van der Waals surface area contributed by atoms with Crippen molar-refractivity contribution in [2.24, 2.45) is 0 Å². The van der Waals surface area contributed by atoms with Gasteiger partial charge in [-0.25, -0.2) is 8.42 Å². The molecule has 2 aliphatic heterocycles. The summed E-state index contributed by atoms with van der Waals surface area (Å²) < 4.78 is 27.5. The third-order valence-electron chi connectivity index (χ3n) is 6.03. The Kier molecular flexibility index (Phi) is 6.83. The van der Waals surface area contributed by atoms with E-state index < -0.39 is 10.0 Å². The first-order valence-electron chi connectivity index (χ1n) is 10.4. The van der Waals surface area contributed by atoms with Crippen LogP contribution in [0.15, 0.2) is 12.1 Å². The fraction of sp³-hybridized carbons (Fsp3) is 0.750. The van der Waals surface area contributed by atoms with Crippen LogP contribution in [0.1, 0.15) is 55.2 Å². The Morgan fingerprint density at radius 2 is 1.89 bits per heavy atom. The minimum Gasteiger partial charge on any atom is -0.339 e. The van der Waals surface area contributed by atoms with Crippen LogP contribution < -0.4 is 0 Å². The topological polar surface area (TPSA) is 65.9 Å². The highest BCUT2D eigenvalue weighted by molar-refractivity contribution is 7.88. The number of hydrogen-bond acceptors (Lipinski definition) is 4. The lowest BCUT2D eigenvalue weighted by atomic mass is 10.0. The SMILES string of the molecule is CCCCN(C(=O)c1ccc2n1CCCN(S(C)(=O)=O)C2)C1CCN(C)CC1. The molecule has 1 saturated heterocycles. The van der Waals surface area contributed by atoms with E-state index in [-0.39, 0.29) is 5.91 Å². The number of unbranched alkanes of at least 4 members (excludes halogenated alkanes) is 1. The van der Waals surface area contributed by atoms with Gasteiger partial charge in [0.1, 0.15) is 5.69 Å². The van der Waals surface area contributed by atoms with Gasteiger partial charge in [0, 0.05) is 31.4 Å². The first kappa shape index (κ1) is 21.3. The highest BCUT2D eigenvalue weighted by atomic mass is 32.2. The molecular formula is C20H34N4O3S. The number of piperidine rings is 1. The number of aromatic nitrogens is 1. The monoisotopic (exact) mass is 410 g/mol. The molecule has 8 heteroatoms. The van der Waals surface area contributed by atoms with Gasteiger partial charge in [-0.15, -0.1) is 0 Å².